The largest absolute Gasteiger partial charge is 0.497 e. The Morgan fingerprint density at radius 2 is 2.09 bits per heavy atom. The van der Waals surface area contributed by atoms with Gasteiger partial charge in [-0.15, -0.1) is 6.58 Å². The number of fused-ring (bicyclic) bond motifs is 5. The highest BCUT2D eigenvalue weighted by Gasteiger charge is 2.60. The maximum atomic E-state index is 10.6. The summed E-state index contributed by atoms with van der Waals surface area (Å²) in [7, 11) is 1.74. The second-order valence-corrected chi connectivity index (χ2v) is 8.12. The molecule has 0 saturated heterocycles. The molecule has 5 atom stereocenters. The van der Waals surface area contributed by atoms with Crippen molar-refractivity contribution in [3.05, 3.63) is 42.0 Å². The van der Waals surface area contributed by atoms with Crippen LogP contribution in [-0.4, -0.2) is 18.3 Å². The lowest BCUT2D eigenvalue weighted by Gasteiger charge is -2.57. The molecule has 2 saturated carbocycles. The molecule has 0 aromatic heterocycles. The minimum absolute atomic E-state index is 0.0780. The lowest BCUT2D eigenvalue weighted by atomic mass is 9.47. The molecule has 0 spiro atoms. The number of allylic oxidation sites excluding steroid dienone is 1. The smallest absolute Gasteiger partial charge is 0.119 e. The monoisotopic (exact) mass is 312 g/mol. The van der Waals surface area contributed by atoms with E-state index < -0.39 is 0 Å². The molecule has 3 aliphatic carbocycles. The zero-order chi connectivity index (χ0) is 16.2. The van der Waals surface area contributed by atoms with Crippen molar-refractivity contribution in [2.24, 2.45) is 16.7 Å². The van der Waals surface area contributed by atoms with Crippen LogP contribution in [0.5, 0.6) is 5.75 Å². The molecule has 124 valence electrons. The first kappa shape index (κ1) is 15.3. The summed E-state index contributed by atoms with van der Waals surface area (Å²) in [4.78, 5) is 0. The van der Waals surface area contributed by atoms with E-state index in [0.717, 1.165) is 44.3 Å². The molecule has 1 N–H and O–H groups in total. The predicted molar refractivity (Wildman–Crippen MR) is 92.8 cm³/mol. The van der Waals surface area contributed by atoms with Crippen LogP contribution in [0.4, 0.5) is 0 Å². The third-order valence-electron chi connectivity index (χ3n) is 7.49. The summed E-state index contributed by atoms with van der Waals surface area (Å²) >= 11 is 0. The van der Waals surface area contributed by atoms with Gasteiger partial charge in [0, 0.05) is 0 Å². The predicted octanol–water partition coefficient (Wildman–Crippen LogP) is 4.47. The highest BCUT2D eigenvalue weighted by atomic mass is 16.5. The van der Waals surface area contributed by atoms with E-state index in [1.165, 1.54) is 11.1 Å². The van der Waals surface area contributed by atoms with Gasteiger partial charge in [0.25, 0.3) is 0 Å². The molecule has 4 rings (SSSR count). The molecule has 2 heteroatoms. The first-order valence-corrected chi connectivity index (χ1v) is 9.03. The van der Waals surface area contributed by atoms with Gasteiger partial charge in [0.15, 0.2) is 0 Å². The molecule has 0 aliphatic heterocycles. The maximum Gasteiger partial charge on any atom is 0.119 e. The SMILES string of the molecule is C=C[C@@]12CCc3cc(OC)ccc3C1CC[C@@]1(C)C2CC[C@@H]1O. The number of aliphatic hydroxyl groups excluding tert-OH is 1. The van der Waals surface area contributed by atoms with Gasteiger partial charge < -0.3 is 9.84 Å². The highest BCUT2D eigenvalue weighted by Crippen LogP contribution is 2.67. The van der Waals surface area contributed by atoms with Gasteiger partial charge in [-0.2, -0.15) is 0 Å². The molecule has 0 amide bonds. The molecule has 2 unspecified atom stereocenters. The maximum absolute atomic E-state index is 10.6. The average Bonchev–Trinajstić information content (AvgIpc) is 2.89. The molecule has 0 bridgehead atoms. The van der Waals surface area contributed by atoms with E-state index in [9.17, 15) is 5.11 Å². The fourth-order valence-electron chi connectivity index (χ4n) is 6.20. The van der Waals surface area contributed by atoms with Crippen molar-refractivity contribution >= 4 is 0 Å². The van der Waals surface area contributed by atoms with Gasteiger partial charge >= 0.3 is 0 Å². The summed E-state index contributed by atoms with van der Waals surface area (Å²) in [6, 6.07) is 6.61. The number of aliphatic hydroxyl groups is 1. The van der Waals surface area contributed by atoms with Crippen LogP contribution >= 0.6 is 0 Å². The van der Waals surface area contributed by atoms with E-state index in [1.54, 1.807) is 7.11 Å². The fourth-order valence-corrected chi connectivity index (χ4v) is 6.20. The van der Waals surface area contributed by atoms with Crippen molar-refractivity contribution in [3.63, 3.8) is 0 Å². The van der Waals surface area contributed by atoms with Crippen LogP contribution in [0.1, 0.15) is 56.1 Å². The van der Waals surface area contributed by atoms with Crippen LogP contribution < -0.4 is 4.74 Å². The van der Waals surface area contributed by atoms with Crippen molar-refractivity contribution < 1.29 is 9.84 Å². The Kier molecular flexibility index (Phi) is 3.39. The molecular weight excluding hydrogens is 284 g/mol. The summed E-state index contributed by atoms with van der Waals surface area (Å²) in [6.07, 6.45) is 8.77. The second-order valence-electron chi connectivity index (χ2n) is 8.12. The number of hydrogen-bond donors (Lipinski definition) is 1. The minimum atomic E-state index is -0.137. The summed E-state index contributed by atoms with van der Waals surface area (Å²) in [5.41, 5.74) is 3.19. The number of ether oxygens (including phenoxy) is 1. The summed E-state index contributed by atoms with van der Waals surface area (Å²) in [5.74, 6) is 2.08. The third kappa shape index (κ3) is 1.91. The van der Waals surface area contributed by atoms with Gasteiger partial charge in [0.2, 0.25) is 0 Å². The fraction of sp³-hybridized carbons (Fsp3) is 0.619. The summed E-state index contributed by atoms with van der Waals surface area (Å²) in [5, 5.41) is 10.6. The Hall–Kier alpha value is -1.28. The van der Waals surface area contributed by atoms with Gasteiger partial charge in [-0.1, -0.05) is 19.1 Å². The molecule has 0 heterocycles. The van der Waals surface area contributed by atoms with E-state index in [4.69, 9.17) is 4.74 Å². The molecule has 2 nitrogen and oxygen atoms in total. The Balaban J connectivity index is 1.80. The van der Waals surface area contributed by atoms with Crippen molar-refractivity contribution in [3.8, 4) is 5.75 Å². The van der Waals surface area contributed by atoms with E-state index >= 15 is 0 Å². The van der Waals surface area contributed by atoms with Crippen molar-refractivity contribution in [1.82, 2.24) is 0 Å². The van der Waals surface area contributed by atoms with Crippen LogP contribution in [0.25, 0.3) is 0 Å². The number of benzene rings is 1. The third-order valence-corrected chi connectivity index (χ3v) is 7.49. The van der Waals surface area contributed by atoms with E-state index in [0.29, 0.717) is 11.8 Å². The van der Waals surface area contributed by atoms with Gasteiger partial charge in [0.1, 0.15) is 5.75 Å². The first-order chi connectivity index (χ1) is 11.0. The molecule has 1 aromatic carbocycles. The van der Waals surface area contributed by atoms with Gasteiger partial charge in [0.05, 0.1) is 13.2 Å². The van der Waals surface area contributed by atoms with Gasteiger partial charge in [-0.3, -0.25) is 0 Å². The summed E-state index contributed by atoms with van der Waals surface area (Å²) < 4.78 is 5.41. The van der Waals surface area contributed by atoms with E-state index in [-0.39, 0.29) is 16.9 Å². The lowest BCUT2D eigenvalue weighted by Crippen LogP contribution is -2.50. The second kappa shape index (κ2) is 5.11. The van der Waals surface area contributed by atoms with Gasteiger partial charge in [-0.05, 0) is 84.5 Å². The molecule has 23 heavy (non-hydrogen) atoms. The van der Waals surface area contributed by atoms with E-state index in [1.807, 2.05) is 0 Å². The van der Waals surface area contributed by atoms with Crippen LogP contribution in [0.2, 0.25) is 0 Å². The number of rotatable bonds is 2. The van der Waals surface area contributed by atoms with Crippen LogP contribution in [-0.2, 0) is 6.42 Å². The number of methoxy groups -OCH3 is 1. The minimum Gasteiger partial charge on any atom is -0.497 e. The molecule has 1 aromatic rings. The molecule has 3 aliphatic rings. The standard InChI is InChI=1S/C21H28O2/c1-4-21-12-9-14-13-15(23-3)5-6-16(14)17(21)10-11-20(2)18(21)7-8-19(20)22/h4-6,13,17-19,22H,1,7-12H2,2-3H3/t17?,18?,19-,20-,21+/m0/s1. The number of hydrogen-bond acceptors (Lipinski definition) is 2. The van der Waals surface area contributed by atoms with Crippen LogP contribution in [0.3, 0.4) is 0 Å². The van der Waals surface area contributed by atoms with Crippen LogP contribution in [0.15, 0.2) is 30.9 Å². The van der Waals surface area contributed by atoms with E-state index in [2.05, 4.69) is 37.8 Å². The zero-order valence-electron chi connectivity index (χ0n) is 14.3. The van der Waals surface area contributed by atoms with Gasteiger partial charge in [-0.25, -0.2) is 0 Å². The Labute approximate surface area is 139 Å². The molecular formula is C21H28O2. The average molecular weight is 312 g/mol. The Morgan fingerprint density at radius 1 is 1.26 bits per heavy atom. The Bertz CT molecular complexity index is 637. The first-order valence-electron chi connectivity index (χ1n) is 9.03. The zero-order valence-corrected chi connectivity index (χ0v) is 14.3. The van der Waals surface area contributed by atoms with Crippen molar-refractivity contribution in [2.75, 3.05) is 7.11 Å². The normalized spacial score (nSPS) is 41.6. The Morgan fingerprint density at radius 3 is 2.83 bits per heavy atom. The molecule has 2 fully saturated rings. The number of aryl methyl sites for hydroxylation is 1. The highest BCUT2D eigenvalue weighted by molar-refractivity contribution is 5.43. The quantitative estimate of drug-likeness (QED) is 0.817. The molecule has 0 radical (unpaired) electrons. The van der Waals surface area contributed by atoms with Crippen molar-refractivity contribution in [2.45, 2.75) is 57.5 Å². The lowest BCUT2D eigenvalue weighted by molar-refractivity contribution is -0.0528. The van der Waals surface area contributed by atoms with Crippen molar-refractivity contribution in [1.29, 1.82) is 0 Å². The van der Waals surface area contributed by atoms with Crippen LogP contribution in [0, 0.1) is 16.7 Å². The summed E-state index contributed by atoms with van der Waals surface area (Å²) in [6.45, 7) is 6.60. The topological polar surface area (TPSA) is 29.5 Å².